The summed E-state index contributed by atoms with van der Waals surface area (Å²) >= 11 is 0. The Bertz CT molecular complexity index is 180. The van der Waals surface area contributed by atoms with Crippen LogP contribution in [0.4, 0.5) is 0 Å². The van der Waals surface area contributed by atoms with Gasteiger partial charge in [-0.2, -0.15) is 0 Å². The van der Waals surface area contributed by atoms with Gasteiger partial charge in [0, 0.05) is 12.6 Å². The second kappa shape index (κ2) is 8.74. The molecule has 0 amide bonds. The Morgan fingerprint density at radius 3 is 2.38 bits per heavy atom. The topological polar surface area (TPSA) is 38.4 Å². The Morgan fingerprint density at radius 1 is 1.25 bits per heavy atom. The van der Waals surface area contributed by atoms with Crippen LogP contribution in [-0.2, 0) is 0 Å². The molecule has 0 rings (SSSR count). The second-order valence-electron chi connectivity index (χ2n) is 5.03. The highest BCUT2D eigenvalue weighted by Crippen LogP contribution is 2.38. The van der Waals surface area contributed by atoms with Gasteiger partial charge in [0.2, 0.25) is 0 Å². The lowest BCUT2D eigenvalue weighted by Gasteiger charge is -2.35. The van der Waals surface area contributed by atoms with E-state index in [2.05, 4.69) is 32.5 Å². The van der Waals surface area contributed by atoms with E-state index in [1.807, 2.05) is 0 Å². The van der Waals surface area contributed by atoms with Crippen molar-refractivity contribution in [3.8, 4) is 0 Å². The van der Waals surface area contributed by atoms with Gasteiger partial charge in [-0.15, -0.1) is 0 Å². The summed E-state index contributed by atoms with van der Waals surface area (Å²) in [5.74, 6) is 0. The van der Waals surface area contributed by atoms with Crippen LogP contribution in [-0.4, -0.2) is 19.3 Å². The van der Waals surface area contributed by atoms with Crippen molar-refractivity contribution in [3.63, 3.8) is 0 Å². The predicted octanol–water partition coefficient (Wildman–Crippen LogP) is 3.79. The molecule has 0 spiro atoms. The van der Waals surface area contributed by atoms with Crippen molar-refractivity contribution >= 4 is 6.72 Å². The van der Waals surface area contributed by atoms with Crippen molar-refractivity contribution in [2.45, 2.75) is 71.8 Å². The molecule has 16 heavy (non-hydrogen) atoms. The number of hydrogen-bond donors (Lipinski definition) is 1. The van der Waals surface area contributed by atoms with E-state index in [0.29, 0.717) is 11.5 Å². The van der Waals surface area contributed by atoms with Crippen LogP contribution in [0, 0.1) is 5.41 Å². The summed E-state index contributed by atoms with van der Waals surface area (Å²) in [4.78, 5) is 3.95. The summed E-state index contributed by atoms with van der Waals surface area (Å²) in [6, 6.07) is 0.364. The van der Waals surface area contributed by atoms with Crippen molar-refractivity contribution in [3.05, 3.63) is 0 Å². The zero-order valence-corrected chi connectivity index (χ0v) is 11.5. The maximum absolute atomic E-state index is 6.13. The van der Waals surface area contributed by atoms with Gasteiger partial charge < -0.3 is 10.7 Å². The Hall–Kier alpha value is -0.370. The zero-order valence-electron chi connectivity index (χ0n) is 11.5. The molecule has 0 aliphatic heterocycles. The van der Waals surface area contributed by atoms with E-state index in [1.165, 1.54) is 32.1 Å². The Morgan fingerprint density at radius 2 is 1.94 bits per heavy atom. The fraction of sp³-hybridized carbons (Fsp3) is 0.929. The van der Waals surface area contributed by atoms with Gasteiger partial charge >= 0.3 is 0 Å². The fourth-order valence-electron chi connectivity index (χ4n) is 2.62. The highest BCUT2D eigenvalue weighted by atomic mass is 14.7. The average molecular weight is 226 g/mol. The third kappa shape index (κ3) is 5.64. The molecule has 0 heterocycles. The standard InChI is InChI=1S/C14H30N2/c1-5-9-14(7-3,10-8-11-16-4)12-13(15)6-2/h13H,4-12,15H2,1-3H3. The van der Waals surface area contributed by atoms with Gasteiger partial charge in [-0.3, -0.25) is 0 Å². The van der Waals surface area contributed by atoms with Crippen molar-refractivity contribution in [2.24, 2.45) is 16.1 Å². The highest BCUT2D eigenvalue weighted by Gasteiger charge is 2.28. The van der Waals surface area contributed by atoms with E-state index in [-0.39, 0.29) is 0 Å². The summed E-state index contributed by atoms with van der Waals surface area (Å²) in [6.45, 7) is 11.2. The molecular formula is C14H30N2. The number of nitrogens with two attached hydrogens (primary N) is 1. The van der Waals surface area contributed by atoms with Crippen LogP contribution >= 0.6 is 0 Å². The molecule has 2 nitrogen and oxygen atoms in total. The molecule has 2 heteroatoms. The van der Waals surface area contributed by atoms with Crippen molar-refractivity contribution in [1.29, 1.82) is 0 Å². The highest BCUT2D eigenvalue weighted by molar-refractivity contribution is 5.22. The lowest BCUT2D eigenvalue weighted by Crippen LogP contribution is -2.31. The largest absolute Gasteiger partial charge is 0.328 e. The molecule has 0 saturated heterocycles. The summed E-state index contributed by atoms with van der Waals surface area (Å²) in [5, 5.41) is 0. The van der Waals surface area contributed by atoms with E-state index >= 15 is 0 Å². The average Bonchev–Trinajstić information content (AvgIpc) is 2.29. The van der Waals surface area contributed by atoms with Crippen molar-refractivity contribution in [2.75, 3.05) is 6.54 Å². The normalized spacial score (nSPS) is 16.8. The van der Waals surface area contributed by atoms with Crippen LogP contribution in [0.3, 0.4) is 0 Å². The molecule has 0 aromatic rings. The number of nitrogens with zero attached hydrogens (tertiary/aromatic N) is 1. The lowest BCUT2D eigenvalue weighted by atomic mass is 9.72. The minimum atomic E-state index is 0.364. The number of hydrogen-bond acceptors (Lipinski definition) is 2. The molecule has 96 valence electrons. The quantitative estimate of drug-likeness (QED) is 0.446. The van der Waals surface area contributed by atoms with Crippen molar-refractivity contribution in [1.82, 2.24) is 0 Å². The van der Waals surface area contributed by atoms with Gasteiger partial charge in [-0.05, 0) is 44.2 Å². The second-order valence-corrected chi connectivity index (χ2v) is 5.03. The molecule has 2 N–H and O–H groups in total. The maximum atomic E-state index is 6.13. The molecule has 0 aliphatic carbocycles. The van der Waals surface area contributed by atoms with Crippen LogP contribution < -0.4 is 5.73 Å². The van der Waals surface area contributed by atoms with Crippen LogP contribution in [0.1, 0.15) is 65.7 Å². The predicted molar refractivity (Wildman–Crippen MR) is 74.2 cm³/mol. The Kier molecular flexibility index (Phi) is 8.54. The van der Waals surface area contributed by atoms with Gasteiger partial charge in [0.05, 0.1) is 0 Å². The maximum Gasteiger partial charge on any atom is 0.0382 e. The molecule has 2 unspecified atom stereocenters. The van der Waals surface area contributed by atoms with Gasteiger partial charge in [0.15, 0.2) is 0 Å². The third-order valence-corrected chi connectivity index (χ3v) is 3.77. The first kappa shape index (κ1) is 15.6. The summed E-state index contributed by atoms with van der Waals surface area (Å²) < 4.78 is 0. The third-order valence-electron chi connectivity index (χ3n) is 3.77. The van der Waals surface area contributed by atoms with Crippen LogP contribution in [0.15, 0.2) is 4.99 Å². The lowest BCUT2D eigenvalue weighted by molar-refractivity contribution is 0.185. The van der Waals surface area contributed by atoms with Crippen LogP contribution in [0.5, 0.6) is 0 Å². The monoisotopic (exact) mass is 226 g/mol. The fourth-order valence-corrected chi connectivity index (χ4v) is 2.62. The molecular weight excluding hydrogens is 196 g/mol. The smallest absolute Gasteiger partial charge is 0.0382 e. The zero-order chi connectivity index (χ0) is 12.4. The SMILES string of the molecule is C=NCCCC(CC)(CCC)CC(N)CC. The Balaban J connectivity index is 4.36. The van der Waals surface area contributed by atoms with E-state index in [9.17, 15) is 0 Å². The summed E-state index contributed by atoms with van der Waals surface area (Å²) in [6.07, 6.45) is 8.47. The minimum Gasteiger partial charge on any atom is -0.328 e. The first-order valence-corrected chi connectivity index (χ1v) is 6.82. The van der Waals surface area contributed by atoms with E-state index in [1.54, 1.807) is 0 Å². The van der Waals surface area contributed by atoms with Crippen LogP contribution in [0.25, 0.3) is 0 Å². The molecule has 0 bridgehead atoms. The molecule has 0 saturated carbocycles. The minimum absolute atomic E-state index is 0.364. The first-order chi connectivity index (χ1) is 7.64. The van der Waals surface area contributed by atoms with Gasteiger partial charge in [-0.25, -0.2) is 0 Å². The van der Waals surface area contributed by atoms with E-state index < -0.39 is 0 Å². The molecule has 0 aromatic carbocycles. The summed E-state index contributed by atoms with van der Waals surface area (Å²) in [5.41, 5.74) is 6.59. The number of aliphatic imine (C=N–C) groups is 1. The van der Waals surface area contributed by atoms with Gasteiger partial charge in [0.25, 0.3) is 0 Å². The first-order valence-electron chi connectivity index (χ1n) is 6.82. The molecule has 2 atom stereocenters. The van der Waals surface area contributed by atoms with Gasteiger partial charge in [0.1, 0.15) is 0 Å². The molecule has 0 fully saturated rings. The molecule has 0 aromatic heterocycles. The number of rotatable bonds is 10. The van der Waals surface area contributed by atoms with Crippen LogP contribution in [0.2, 0.25) is 0 Å². The Labute approximate surface area is 102 Å². The van der Waals surface area contributed by atoms with Crippen molar-refractivity contribution < 1.29 is 0 Å². The van der Waals surface area contributed by atoms with E-state index in [4.69, 9.17) is 5.73 Å². The van der Waals surface area contributed by atoms with Gasteiger partial charge in [-0.1, -0.05) is 33.6 Å². The van der Waals surface area contributed by atoms with E-state index in [0.717, 1.165) is 19.4 Å². The molecule has 0 aliphatic rings. The molecule has 0 radical (unpaired) electrons. The summed E-state index contributed by atoms with van der Waals surface area (Å²) in [7, 11) is 0.